The topological polar surface area (TPSA) is 106 Å². The molecule has 1 amide bonds. The largest absolute Gasteiger partial charge is 0.349 e. The van der Waals surface area contributed by atoms with Crippen LogP contribution in [0.5, 0.6) is 0 Å². The molecule has 2 aromatic rings. The zero-order valence-electron chi connectivity index (χ0n) is 47.0. The van der Waals surface area contributed by atoms with Crippen molar-refractivity contribution in [3.8, 4) is 0 Å². The van der Waals surface area contributed by atoms with Gasteiger partial charge in [0, 0.05) is 42.6 Å². The van der Waals surface area contributed by atoms with Gasteiger partial charge in [0.1, 0.15) is 11.6 Å². The number of ketones is 2. The lowest BCUT2D eigenvalue weighted by molar-refractivity contribution is -0.131. The van der Waals surface area contributed by atoms with E-state index in [0.29, 0.717) is 102 Å². The molecule has 408 valence electrons. The molecule has 9 heteroatoms. The number of carbonyl (C=O) groups is 4. The Morgan fingerprint density at radius 1 is 0.500 bits per heavy atom. The molecule has 4 fully saturated rings. The molecular formula is C63H101Cl3N2O4. The zero-order chi connectivity index (χ0) is 53.7. The molecule has 0 unspecified atom stereocenters. The van der Waals surface area contributed by atoms with Crippen LogP contribution in [0, 0.1) is 94.7 Å². The quantitative estimate of drug-likeness (QED) is 0.121. The van der Waals surface area contributed by atoms with Crippen LogP contribution in [0.2, 0.25) is 0 Å². The number of benzene rings is 2. The Morgan fingerprint density at radius 2 is 0.819 bits per heavy atom. The zero-order valence-corrected chi connectivity index (χ0v) is 49.3. The second-order valence-electron chi connectivity index (χ2n) is 24.6. The van der Waals surface area contributed by atoms with Gasteiger partial charge < -0.3 is 11.1 Å². The second kappa shape index (κ2) is 33.0. The Kier molecular flexibility index (Phi) is 29.4. The minimum Gasteiger partial charge on any atom is -0.349 e. The Balaban J connectivity index is 0.000000306. The molecule has 3 N–H and O–H groups in total. The van der Waals surface area contributed by atoms with E-state index in [2.05, 4.69) is 113 Å². The highest BCUT2D eigenvalue weighted by molar-refractivity contribution is 6.64. The van der Waals surface area contributed by atoms with E-state index < -0.39 is 0 Å². The molecule has 0 heterocycles. The lowest BCUT2D eigenvalue weighted by Crippen LogP contribution is -2.42. The summed E-state index contributed by atoms with van der Waals surface area (Å²) in [6.45, 7) is 27.0. The van der Waals surface area contributed by atoms with Crippen LogP contribution in [0.25, 0.3) is 0 Å². The number of nitrogens with two attached hydrogens (primary N) is 1. The molecule has 0 bridgehead atoms. The number of amides is 1. The van der Waals surface area contributed by atoms with E-state index in [1.165, 1.54) is 44.9 Å². The van der Waals surface area contributed by atoms with Crippen LogP contribution in [0.1, 0.15) is 209 Å². The van der Waals surface area contributed by atoms with Crippen molar-refractivity contribution in [3.63, 3.8) is 0 Å². The molecule has 72 heavy (non-hydrogen) atoms. The fourth-order valence-electron chi connectivity index (χ4n) is 13.2. The summed E-state index contributed by atoms with van der Waals surface area (Å²) in [5.41, 5.74) is 8.49. The van der Waals surface area contributed by atoms with E-state index in [-0.39, 0.29) is 52.2 Å². The standard InChI is InChI=1S/C31H49NO2.C20H31NO.C11H19ClO.CH2Cl2/c1-20(2)25-14-12-22(5)18-27(25)30(33)17-16-29(24-10-8-7-9-11-24)32-31(34)28-19-23(6)13-15-26(28)21(3)4;1-14(2)17-10-9-15(3)13-18(17)20(22)12-11-19(21)16-7-5-4-6-8-16;1-7(2)9-5-4-8(3)6-10(9)11(12)13;2-1-3/h7-11,20-23,25-29H,12-19H2,1-6H3,(H,32,34);4-8,14-15,17-19H,9-13,21H2,1-3H3;7-10H,4-6H2,1-3H3;1H2/t22-,23-,25+,26+,27-,28-,29-;15-,17+,18-,19-;8-,9+,10-;/m111./s1. The normalized spacial score (nSPS) is 29.3. The van der Waals surface area contributed by atoms with E-state index >= 15 is 0 Å². The highest BCUT2D eigenvalue weighted by Gasteiger charge is 2.39. The van der Waals surface area contributed by atoms with Crippen LogP contribution < -0.4 is 11.1 Å². The summed E-state index contributed by atoms with van der Waals surface area (Å²) in [7, 11) is 0. The summed E-state index contributed by atoms with van der Waals surface area (Å²) in [6, 6.07) is 20.3. The summed E-state index contributed by atoms with van der Waals surface area (Å²) >= 11 is 15.1. The summed E-state index contributed by atoms with van der Waals surface area (Å²) in [5.74, 6) is 8.55. The van der Waals surface area contributed by atoms with Gasteiger partial charge in [-0.3, -0.25) is 19.2 Å². The summed E-state index contributed by atoms with van der Waals surface area (Å²) in [4.78, 5) is 51.0. The van der Waals surface area contributed by atoms with Gasteiger partial charge in [0.15, 0.2) is 0 Å². The molecule has 2 aromatic carbocycles. The Bertz CT molecular complexity index is 1860. The fraction of sp³-hybridized carbons (Fsp3) is 0.746. The summed E-state index contributed by atoms with van der Waals surface area (Å²) < 4.78 is 0. The molecule has 0 spiro atoms. The molecule has 4 aliphatic rings. The van der Waals surface area contributed by atoms with Crippen molar-refractivity contribution in [2.45, 2.75) is 198 Å². The minimum absolute atomic E-state index is 0.0244. The third-order valence-electron chi connectivity index (χ3n) is 17.7. The van der Waals surface area contributed by atoms with Gasteiger partial charge in [0.2, 0.25) is 11.1 Å². The van der Waals surface area contributed by atoms with Crippen LogP contribution in [0.3, 0.4) is 0 Å². The van der Waals surface area contributed by atoms with E-state index in [1.807, 2.05) is 36.4 Å². The summed E-state index contributed by atoms with van der Waals surface area (Å²) in [6.07, 6.45) is 16.4. The third-order valence-corrected chi connectivity index (χ3v) is 18.0. The maximum absolute atomic E-state index is 13.6. The number of halogens is 3. The number of carbonyl (C=O) groups excluding carboxylic acids is 4. The minimum atomic E-state index is -0.120. The molecule has 6 rings (SSSR count). The molecule has 0 saturated heterocycles. The highest BCUT2D eigenvalue weighted by atomic mass is 35.5. The van der Waals surface area contributed by atoms with Gasteiger partial charge in [-0.2, -0.15) is 0 Å². The van der Waals surface area contributed by atoms with Crippen LogP contribution in [0.15, 0.2) is 60.7 Å². The first-order chi connectivity index (χ1) is 34.1. The molecule has 4 aliphatic carbocycles. The predicted octanol–water partition coefficient (Wildman–Crippen LogP) is 17.2. The lowest BCUT2D eigenvalue weighted by Gasteiger charge is -2.38. The maximum Gasteiger partial charge on any atom is 0.225 e. The van der Waals surface area contributed by atoms with Crippen molar-refractivity contribution in [1.29, 1.82) is 0 Å². The molecular weight excluding hydrogens is 955 g/mol. The van der Waals surface area contributed by atoms with Gasteiger partial charge in [-0.15, -0.1) is 23.2 Å². The van der Waals surface area contributed by atoms with Crippen LogP contribution in [-0.4, -0.2) is 28.1 Å². The number of alkyl halides is 2. The average molecular weight is 1060 g/mol. The Hall–Kier alpha value is -2.25. The first-order valence-corrected chi connectivity index (χ1v) is 30.1. The van der Waals surface area contributed by atoms with Crippen LogP contribution in [-0.2, 0) is 19.2 Å². The monoisotopic (exact) mass is 1050 g/mol. The van der Waals surface area contributed by atoms with Crippen molar-refractivity contribution in [3.05, 3.63) is 71.8 Å². The number of hydrogen-bond acceptors (Lipinski definition) is 5. The second-order valence-corrected chi connectivity index (χ2v) is 25.8. The molecule has 0 aromatic heterocycles. The van der Waals surface area contributed by atoms with Crippen molar-refractivity contribution in [2.24, 2.45) is 100 Å². The van der Waals surface area contributed by atoms with Crippen molar-refractivity contribution in [1.82, 2.24) is 5.32 Å². The smallest absolute Gasteiger partial charge is 0.225 e. The molecule has 14 atom stereocenters. The van der Waals surface area contributed by atoms with Crippen molar-refractivity contribution < 1.29 is 19.2 Å². The molecule has 0 radical (unpaired) electrons. The Morgan fingerprint density at radius 3 is 1.19 bits per heavy atom. The summed E-state index contributed by atoms with van der Waals surface area (Å²) in [5, 5.41) is 3.49. The van der Waals surface area contributed by atoms with E-state index in [4.69, 9.17) is 40.5 Å². The van der Waals surface area contributed by atoms with Gasteiger partial charge in [0.05, 0.1) is 11.4 Å². The molecule has 6 nitrogen and oxygen atoms in total. The average Bonchev–Trinajstić information content (AvgIpc) is 3.34. The maximum atomic E-state index is 13.6. The van der Waals surface area contributed by atoms with Gasteiger partial charge in [-0.1, -0.05) is 169 Å². The number of Topliss-reactive ketones (excluding diaryl/α,β-unsaturated/α-hetero) is 2. The number of hydrogen-bond donors (Lipinski definition) is 2. The van der Waals surface area contributed by atoms with Crippen molar-refractivity contribution in [2.75, 3.05) is 5.34 Å². The molecule has 4 saturated carbocycles. The van der Waals surface area contributed by atoms with Gasteiger partial charge in [-0.25, -0.2) is 0 Å². The highest BCUT2D eigenvalue weighted by Crippen LogP contribution is 2.43. The van der Waals surface area contributed by atoms with E-state index in [0.717, 1.165) is 49.7 Å². The predicted molar refractivity (Wildman–Crippen MR) is 306 cm³/mol. The Labute approximate surface area is 455 Å². The van der Waals surface area contributed by atoms with E-state index in [9.17, 15) is 19.2 Å². The first kappa shape index (κ1) is 64.0. The lowest BCUT2D eigenvalue weighted by atomic mass is 9.68. The van der Waals surface area contributed by atoms with Gasteiger partial charge in [-0.05, 0) is 158 Å². The van der Waals surface area contributed by atoms with E-state index in [1.54, 1.807) is 0 Å². The van der Waals surface area contributed by atoms with Crippen molar-refractivity contribution >= 4 is 57.5 Å². The molecule has 0 aliphatic heterocycles. The fourth-order valence-corrected chi connectivity index (χ4v) is 13.5. The van der Waals surface area contributed by atoms with Crippen LogP contribution in [0.4, 0.5) is 0 Å². The SMILES string of the molecule is CC(C)[C@@H]1CC[C@@H](C)C[C@H]1C(=O)CC[C@@H](N)c1ccccc1.CC(C)[C@@H]1CC[C@@H](C)C[C@H]1C(=O)CC[C@@H](NC(=O)[C@@H]1C[C@H](C)CC[C@H]1C(C)C)c1ccccc1.CC(C)[C@@H]1CC[C@@H](C)C[C@H]1C(=O)Cl.ClCCl. The number of rotatable bonds is 17. The van der Waals surface area contributed by atoms with Gasteiger partial charge >= 0.3 is 0 Å². The van der Waals surface area contributed by atoms with Crippen LogP contribution >= 0.6 is 34.8 Å². The van der Waals surface area contributed by atoms with Gasteiger partial charge in [0.25, 0.3) is 0 Å². The number of nitrogens with one attached hydrogen (secondary N) is 1. The first-order valence-electron chi connectivity index (χ1n) is 28.6. The third kappa shape index (κ3) is 21.1.